The van der Waals surface area contributed by atoms with Crippen molar-refractivity contribution >= 4 is 46.5 Å². The monoisotopic (exact) mass is 734 g/mol. The molecular formula is C37H41Cl2FN8O3. The number of rotatable bonds is 11. The van der Waals surface area contributed by atoms with Gasteiger partial charge in [0.1, 0.15) is 0 Å². The molecule has 0 spiro atoms. The Labute approximate surface area is 306 Å². The van der Waals surface area contributed by atoms with Gasteiger partial charge in [-0.05, 0) is 43.5 Å². The van der Waals surface area contributed by atoms with E-state index in [0.717, 1.165) is 31.4 Å². The van der Waals surface area contributed by atoms with E-state index in [1.807, 2.05) is 21.9 Å². The summed E-state index contributed by atoms with van der Waals surface area (Å²) in [4.78, 5) is 40.6. The van der Waals surface area contributed by atoms with Crippen molar-refractivity contribution < 1.29 is 18.7 Å². The van der Waals surface area contributed by atoms with Gasteiger partial charge >= 0.3 is 0 Å². The van der Waals surface area contributed by atoms with E-state index in [1.165, 1.54) is 0 Å². The quantitative estimate of drug-likeness (QED) is 0.165. The summed E-state index contributed by atoms with van der Waals surface area (Å²) in [6.45, 7) is 6.83. The molecule has 2 saturated heterocycles. The van der Waals surface area contributed by atoms with Crippen LogP contribution in [0.5, 0.6) is 5.88 Å². The van der Waals surface area contributed by atoms with Gasteiger partial charge in [0.15, 0.2) is 11.6 Å². The second-order valence-electron chi connectivity index (χ2n) is 12.8. The Hall–Kier alpha value is -4.36. The van der Waals surface area contributed by atoms with E-state index in [-0.39, 0.29) is 29.7 Å². The first kappa shape index (κ1) is 36.4. The molecule has 51 heavy (non-hydrogen) atoms. The number of hydrogen-bond acceptors (Lipinski definition) is 9. The molecule has 5 heterocycles. The number of likely N-dealkylation sites (tertiary alicyclic amines) is 2. The second-order valence-corrected chi connectivity index (χ2v) is 13.6. The molecule has 3 aromatic heterocycles. The Bertz CT molecular complexity index is 1910. The molecule has 2 fully saturated rings. The number of nitrogens with one attached hydrogen (secondary N) is 3. The van der Waals surface area contributed by atoms with Crippen LogP contribution in [0.3, 0.4) is 0 Å². The summed E-state index contributed by atoms with van der Waals surface area (Å²) in [6.07, 6.45) is 5.71. The topological polar surface area (TPSA) is 125 Å². The van der Waals surface area contributed by atoms with E-state index < -0.39 is 5.82 Å². The van der Waals surface area contributed by atoms with Crippen molar-refractivity contribution in [2.75, 3.05) is 38.6 Å². The summed E-state index contributed by atoms with van der Waals surface area (Å²) < 4.78 is 21.3. The zero-order valence-corrected chi connectivity index (χ0v) is 30.3. The molecule has 6 rings (SSSR count). The van der Waals surface area contributed by atoms with Crippen LogP contribution in [0.15, 0.2) is 54.9 Å². The van der Waals surface area contributed by atoms with Crippen LogP contribution in [0, 0.1) is 5.82 Å². The van der Waals surface area contributed by atoms with Gasteiger partial charge in [0.05, 0.1) is 34.2 Å². The van der Waals surface area contributed by atoms with Gasteiger partial charge in [-0.3, -0.25) is 14.6 Å². The summed E-state index contributed by atoms with van der Waals surface area (Å²) in [5.74, 6) is 0.189. The van der Waals surface area contributed by atoms with E-state index in [0.29, 0.717) is 82.4 Å². The van der Waals surface area contributed by atoms with E-state index in [9.17, 15) is 9.59 Å². The molecule has 3 N–H and O–H groups in total. The molecule has 268 valence electrons. The van der Waals surface area contributed by atoms with Crippen molar-refractivity contribution in [1.29, 1.82) is 0 Å². The lowest BCUT2D eigenvalue weighted by Crippen LogP contribution is -2.44. The zero-order chi connectivity index (χ0) is 36.1. The number of halogens is 3. The van der Waals surface area contributed by atoms with E-state index in [4.69, 9.17) is 32.9 Å². The summed E-state index contributed by atoms with van der Waals surface area (Å²) in [6, 6.07) is 13.0. The maximum Gasteiger partial charge on any atom is 0.219 e. The van der Waals surface area contributed by atoms with Crippen LogP contribution >= 0.6 is 23.2 Å². The van der Waals surface area contributed by atoms with Crippen LogP contribution in [0.2, 0.25) is 10.0 Å². The predicted octanol–water partition coefficient (Wildman–Crippen LogP) is 6.21. The minimum atomic E-state index is -0.481. The highest BCUT2D eigenvalue weighted by molar-refractivity contribution is 6.39. The smallest absolute Gasteiger partial charge is 0.219 e. The molecule has 14 heteroatoms. The third kappa shape index (κ3) is 8.41. The van der Waals surface area contributed by atoms with Crippen LogP contribution in [0.25, 0.3) is 22.5 Å². The molecule has 1 unspecified atom stereocenters. The lowest BCUT2D eigenvalue weighted by molar-refractivity contribution is -0.130. The highest BCUT2D eigenvalue weighted by Gasteiger charge is 2.25. The number of methoxy groups -OCH3 is 1. The number of carbonyl (C=O) groups excluding carboxylic acids is 2. The van der Waals surface area contributed by atoms with Gasteiger partial charge < -0.3 is 30.5 Å². The minimum absolute atomic E-state index is 0.0440. The van der Waals surface area contributed by atoms with Crippen molar-refractivity contribution in [3.8, 4) is 28.4 Å². The largest absolute Gasteiger partial charge is 0.481 e. The Morgan fingerprint density at radius 3 is 2.25 bits per heavy atom. The molecule has 11 nitrogen and oxygen atoms in total. The molecule has 2 amide bonds. The van der Waals surface area contributed by atoms with Gasteiger partial charge in [-0.2, -0.15) is 0 Å². The number of nitrogens with zero attached hydrogens (tertiary/aromatic N) is 5. The maximum absolute atomic E-state index is 15.7. The number of amides is 2. The van der Waals surface area contributed by atoms with Crippen molar-refractivity contribution in [3.05, 3.63) is 81.8 Å². The third-order valence-corrected chi connectivity index (χ3v) is 10.3. The molecular weight excluding hydrogens is 694 g/mol. The van der Waals surface area contributed by atoms with Gasteiger partial charge in [-0.15, -0.1) is 0 Å². The third-order valence-electron chi connectivity index (χ3n) is 9.51. The first-order valence-corrected chi connectivity index (χ1v) is 17.7. The number of anilines is 2. The Morgan fingerprint density at radius 1 is 0.843 bits per heavy atom. The number of benzene rings is 1. The fourth-order valence-corrected chi connectivity index (χ4v) is 7.10. The maximum atomic E-state index is 15.7. The number of ether oxygens (including phenoxy) is 1. The fraction of sp³-hybridized carbons (Fsp3) is 0.378. The molecule has 4 aromatic rings. The average Bonchev–Trinajstić information content (AvgIpc) is 3.62. The summed E-state index contributed by atoms with van der Waals surface area (Å²) in [7, 11) is 1.57. The van der Waals surface area contributed by atoms with Gasteiger partial charge in [0.2, 0.25) is 17.7 Å². The van der Waals surface area contributed by atoms with Crippen LogP contribution in [-0.2, 0) is 22.7 Å². The van der Waals surface area contributed by atoms with Crippen LogP contribution in [0.4, 0.5) is 15.9 Å². The molecule has 2 aliphatic rings. The van der Waals surface area contributed by atoms with Crippen molar-refractivity contribution in [2.45, 2.75) is 58.3 Å². The number of piperidine rings is 1. The zero-order valence-electron chi connectivity index (χ0n) is 28.8. The average molecular weight is 736 g/mol. The molecule has 1 atom stereocenters. The van der Waals surface area contributed by atoms with Gasteiger partial charge in [-0.25, -0.2) is 14.4 Å². The van der Waals surface area contributed by atoms with Crippen LogP contribution in [0.1, 0.15) is 44.2 Å². The number of hydrogen-bond donors (Lipinski definition) is 3. The summed E-state index contributed by atoms with van der Waals surface area (Å²) in [5.41, 5.74) is 4.01. The minimum Gasteiger partial charge on any atom is -0.481 e. The summed E-state index contributed by atoms with van der Waals surface area (Å²) >= 11 is 13.9. The molecule has 0 aliphatic carbocycles. The predicted molar refractivity (Wildman–Crippen MR) is 197 cm³/mol. The fourth-order valence-electron chi connectivity index (χ4n) is 6.53. The van der Waals surface area contributed by atoms with Crippen molar-refractivity contribution in [1.82, 2.24) is 35.4 Å². The lowest BCUT2D eigenvalue weighted by Gasteiger charge is -2.31. The highest BCUT2D eigenvalue weighted by Crippen LogP contribution is 2.41. The van der Waals surface area contributed by atoms with E-state index >= 15 is 4.39 Å². The number of aromatic nitrogens is 3. The lowest BCUT2D eigenvalue weighted by atomic mass is 10.0. The molecule has 1 aromatic carbocycles. The van der Waals surface area contributed by atoms with Gasteiger partial charge in [0.25, 0.3) is 0 Å². The number of pyridine rings is 3. The normalized spacial score (nSPS) is 16.4. The second kappa shape index (κ2) is 16.3. The molecule has 0 radical (unpaired) electrons. The van der Waals surface area contributed by atoms with E-state index in [1.54, 1.807) is 63.7 Å². The summed E-state index contributed by atoms with van der Waals surface area (Å²) in [5, 5.41) is 10.6. The van der Waals surface area contributed by atoms with Crippen molar-refractivity contribution in [3.63, 3.8) is 0 Å². The highest BCUT2D eigenvalue weighted by atomic mass is 35.5. The standard InChI is InChI=1S/C37H41Cl2FN8O3/c1-22(49)47-16-11-26(12-17-47)43-19-24-9-14-42-36(34(24)40)45-31-6-4-5-29(32(31)38)35-33(39)28(10-15-41-35)30-8-7-25(37(46-30)51-3)20-44-27-13-18-48(21-27)23(2)50/h4-10,14-15,26-27,43-44H,11-13,16-21H2,1-3H3,(H,42,45). The Morgan fingerprint density at radius 2 is 1.53 bits per heavy atom. The Balaban J connectivity index is 1.16. The number of carbonyl (C=O) groups is 2. The van der Waals surface area contributed by atoms with Crippen molar-refractivity contribution in [2.24, 2.45) is 0 Å². The van der Waals surface area contributed by atoms with Gasteiger partial charge in [0, 0.05) is 99.8 Å². The first-order valence-electron chi connectivity index (χ1n) is 17.0. The van der Waals surface area contributed by atoms with Crippen LogP contribution < -0.4 is 20.7 Å². The first-order chi connectivity index (χ1) is 24.6. The SMILES string of the molecule is COc1nc(-c2ccnc(-c3cccc(Nc4nccc(CNC5CCN(C(C)=O)CC5)c4F)c3Cl)c2Cl)ccc1CNC1CCN(C(C)=O)C1. The molecule has 2 aliphatic heterocycles. The molecule has 0 saturated carbocycles. The van der Waals surface area contributed by atoms with E-state index in [2.05, 4.69) is 25.9 Å². The molecule has 0 bridgehead atoms. The van der Waals surface area contributed by atoms with Crippen LogP contribution in [-0.4, -0.2) is 81.9 Å². The Kier molecular flexibility index (Phi) is 11.7. The van der Waals surface area contributed by atoms with Gasteiger partial charge in [-0.1, -0.05) is 41.4 Å².